The third-order valence-electron chi connectivity index (χ3n) is 2.36. The number of benzene rings is 1. The molecule has 0 bridgehead atoms. The molecule has 0 unspecified atom stereocenters. The monoisotopic (exact) mass is 238 g/mol. The third kappa shape index (κ3) is 3.41. The summed E-state index contributed by atoms with van der Waals surface area (Å²) in [5.74, 6) is 0. The van der Waals surface area contributed by atoms with Crippen LogP contribution in [0.1, 0.15) is 12.0 Å². The lowest BCUT2D eigenvalue weighted by atomic mass is 10.2. The fraction of sp³-hybridized carbons (Fsp3) is 0.417. The zero-order valence-electron chi connectivity index (χ0n) is 9.53. The Balaban J connectivity index is 2.66. The lowest BCUT2D eigenvalue weighted by Crippen LogP contribution is -2.19. The molecule has 16 heavy (non-hydrogen) atoms. The van der Waals surface area contributed by atoms with E-state index in [1.165, 1.54) is 0 Å². The molecule has 0 aliphatic rings. The summed E-state index contributed by atoms with van der Waals surface area (Å²) in [5, 5.41) is 9.26. The van der Waals surface area contributed by atoms with Crippen molar-refractivity contribution in [2.24, 2.45) is 0 Å². The third-order valence-corrected chi connectivity index (χ3v) is 2.67. The molecule has 86 valence electrons. The Hall–Kier alpha value is -1.24. The Morgan fingerprint density at radius 3 is 2.81 bits per heavy atom. The molecule has 0 saturated carbocycles. The number of anilines is 1. The molecule has 1 rings (SSSR count). The maximum absolute atomic E-state index is 8.76. The molecule has 0 aliphatic heterocycles. The number of methoxy groups -OCH3 is 1. The van der Waals surface area contributed by atoms with Crippen molar-refractivity contribution in [2.45, 2.75) is 6.42 Å². The predicted molar refractivity (Wildman–Crippen MR) is 65.9 cm³/mol. The SMILES string of the molecule is COCCCN(C)c1ccc(C#N)c(Cl)c1. The molecule has 1 aromatic carbocycles. The van der Waals surface area contributed by atoms with E-state index in [1.54, 1.807) is 13.2 Å². The van der Waals surface area contributed by atoms with Gasteiger partial charge in [-0.1, -0.05) is 11.6 Å². The van der Waals surface area contributed by atoms with E-state index in [1.807, 2.05) is 25.2 Å². The number of nitrogens with zero attached hydrogens (tertiary/aromatic N) is 2. The van der Waals surface area contributed by atoms with Crippen LogP contribution in [0.15, 0.2) is 18.2 Å². The van der Waals surface area contributed by atoms with Gasteiger partial charge in [-0.25, -0.2) is 0 Å². The summed E-state index contributed by atoms with van der Waals surface area (Å²) >= 11 is 5.96. The normalized spacial score (nSPS) is 9.88. The first-order chi connectivity index (χ1) is 7.69. The van der Waals surface area contributed by atoms with Gasteiger partial charge in [0.05, 0.1) is 10.6 Å². The average Bonchev–Trinajstić information content (AvgIpc) is 2.29. The topological polar surface area (TPSA) is 36.3 Å². The van der Waals surface area contributed by atoms with Crippen molar-refractivity contribution in [3.8, 4) is 6.07 Å². The number of rotatable bonds is 5. The van der Waals surface area contributed by atoms with Crippen LogP contribution in [0.25, 0.3) is 0 Å². The lowest BCUT2D eigenvalue weighted by Gasteiger charge is -2.19. The quantitative estimate of drug-likeness (QED) is 0.740. The van der Waals surface area contributed by atoms with Crippen LogP contribution >= 0.6 is 11.6 Å². The van der Waals surface area contributed by atoms with Crippen molar-refractivity contribution in [2.75, 3.05) is 32.2 Å². The zero-order chi connectivity index (χ0) is 12.0. The number of halogens is 1. The van der Waals surface area contributed by atoms with Crippen molar-refractivity contribution in [1.29, 1.82) is 5.26 Å². The Bertz CT molecular complexity index is 387. The maximum atomic E-state index is 8.76. The van der Waals surface area contributed by atoms with E-state index in [0.29, 0.717) is 10.6 Å². The lowest BCUT2D eigenvalue weighted by molar-refractivity contribution is 0.196. The van der Waals surface area contributed by atoms with Crippen LogP contribution in [0.3, 0.4) is 0 Å². The molecule has 0 radical (unpaired) electrons. The van der Waals surface area contributed by atoms with Crippen molar-refractivity contribution in [3.63, 3.8) is 0 Å². The summed E-state index contributed by atoms with van der Waals surface area (Å²) in [6, 6.07) is 7.50. The summed E-state index contributed by atoms with van der Waals surface area (Å²) in [7, 11) is 3.69. The first kappa shape index (κ1) is 12.8. The second-order valence-electron chi connectivity index (χ2n) is 3.54. The summed E-state index contributed by atoms with van der Waals surface area (Å²) < 4.78 is 4.99. The Labute approximate surface area is 101 Å². The largest absolute Gasteiger partial charge is 0.385 e. The van der Waals surface area contributed by atoms with Crippen molar-refractivity contribution in [1.82, 2.24) is 0 Å². The smallest absolute Gasteiger partial charge is 0.101 e. The van der Waals surface area contributed by atoms with Crippen LogP contribution < -0.4 is 4.90 Å². The first-order valence-electron chi connectivity index (χ1n) is 5.08. The van der Waals surface area contributed by atoms with Crippen LogP contribution in [-0.2, 0) is 4.74 Å². The molecular weight excluding hydrogens is 224 g/mol. The number of hydrogen-bond donors (Lipinski definition) is 0. The van der Waals surface area contributed by atoms with Gasteiger partial charge in [-0.3, -0.25) is 0 Å². The van der Waals surface area contributed by atoms with Gasteiger partial charge in [-0.2, -0.15) is 5.26 Å². The fourth-order valence-electron chi connectivity index (χ4n) is 1.41. The van der Waals surface area contributed by atoms with Crippen LogP contribution in [-0.4, -0.2) is 27.3 Å². The minimum Gasteiger partial charge on any atom is -0.385 e. The number of nitriles is 1. The van der Waals surface area contributed by atoms with E-state index in [9.17, 15) is 0 Å². The van der Waals surface area contributed by atoms with Gasteiger partial charge in [0.25, 0.3) is 0 Å². The zero-order valence-corrected chi connectivity index (χ0v) is 10.3. The van der Waals surface area contributed by atoms with E-state index in [4.69, 9.17) is 21.6 Å². The summed E-state index contributed by atoms with van der Waals surface area (Å²) in [4.78, 5) is 2.09. The van der Waals surface area contributed by atoms with E-state index < -0.39 is 0 Å². The van der Waals surface area contributed by atoms with E-state index in [-0.39, 0.29) is 0 Å². The van der Waals surface area contributed by atoms with Crippen molar-refractivity contribution < 1.29 is 4.74 Å². The van der Waals surface area contributed by atoms with Crippen molar-refractivity contribution >= 4 is 17.3 Å². The highest BCUT2D eigenvalue weighted by molar-refractivity contribution is 6.32. The molecule has 0 N–H and O–H groups in total. The second-order valence-corrected chi connectivity index (χ2v) is 3.95. The average molecular weight is 239 g/mol. The minimum absolute atomic E-state index is 0.499. The van der Waals surface area contributed by atoms with Crippen LogP contribution in [0.4, 0.5) is 5.69 Å². The van der Waals surface area contributed by atoms with Crippen LogP contribution in [0.5, 0.6) is 0 Å². The molecule has 4 heteroatoms. The molecule has 1 aromatic rings. The van der Waals surface area contributed by atoms with Gasteiger partial charge < -0.3 is 9.64 Å². The van der Waals surface area contributed by atoms with Crippen LogP contribution in [0.2, 0.25) is 5.02 Å². The second kappa shape index (κ2) is 6.37. The highest BCUT2D eigenvalue weighted by Gasteiger charge is 2.04. The van der Waals surface area contributed by atoms with Gasteiger partial charge in [0.1, 0.15) is 6.07 Å². The predicted octanol–water partition coefficient (Wildman–Crippen LogP) is 2.68. The van der Waals surface area contributed by atoms with Gasteiger partial charge in [-0.15, -0.1) is 0 Å². The number of hydrogen-bond acceptors (Lipinski definition) is 3. The van der Waals surface area contributed by atoms with Crippen molar-refractivity contribution in [3.05, 3.63) is 28.8 Å². The molecule has 0 aromatic heterocycles. The van der Waals surface area contributed by atoms with E-state index in [2.05, 4.69) is 4.90 Å². The molecular formula is C12H15ClN2O. The molecule has 0 atom stereocenters. The summed E-state index contributed by atoms with van der Waals surface area (Å²) in [6.45, 7) is 1.64. The fourth-order valence-corrected chi connectivity index (χ4v) is 1.62. The van der Waals surface area contributed by atoms with Gasteiger partial charge in [0.2, 0.25) is 0 Å². The highest BCUT2D eigenvalue weighted by atomic mass is 35.5. The Morgan fingerprint density at radius 2 is 2.25 bits per heavy atom. The van der Waals surface area contributed by atoms with Crippen LogP contribution in [0, 0.1) is 11.3 Å². The minimum atomic E-state index is 0.499. The molecule has 0 fully saturated rings. The molecule has 0 aliphatic carbocycles. The van der Waals surface area contributed by atoms with Gasteiger partial charge in [0, 0.05) is 33.0 Å². The summed E-state index contributed by atoms with van der Waals surface area (Å²) in [5.41, 5.74) is 1.52. The Morgan fingerprint density at radius 1 is 1.50 bits per heavy atom. The number of ether oxygens (including phenoxy) is 1. The highest BCUT2D eigenvalue weighted by Crippen LogP contribution is 2.22. The van der Waals surface area contributed by atoms with E-state index in [0.717, 1.165) is 25.3 Å². The standard InChI is InChI=1S/C12H15ClN2O/c1-15(6-3-7-16-2)11-5-4-10(9-14)12(13)8-11/h4-5,8H,3,6-7H2,1-2H3. The molecule has 0 spiro atoms. The molecule has 0 amide bonds. The van der Waals surface area contributed by atoms with Gasteiger partial charge in [-0.05, 0) is 24.6 Å². The molecule has 3 nitrogen and oxygen atoms in total. The summed E-state index contributed by atoms with van der Waals surface area (Å²) in [6.07, 6.45) is 0.963. The van der Waals surface area contributed by atoms with Gasteiger partial charge >= 0.3 is 0 Å². The van der Waals surface area contributed by atoms with Gasteiger partial charge in [0.15, 0.2) is 0 Å². The molecule has 0 heterocycles. The first-order valence-corrected chi connectivity index (χ1v) is 5.46. The molecule has 0 saturated heterocycles. The van der Waals surface area contributed by atoms with E-state index >= 15 is 0 Å². The maximum Gasteiger partial charge on any atom is 0.101 e. The Kier molecular flexibility index (Phi) is 5.10.